The van der Waals surface area contributed by atoms with Crippen LogP contribution in [-0.4, -0.2) is 51.9 Å². The van der Waals surface area contributed by atoms with Crippen molar-refractivity contribution in [2.75, 3.05) is 36.4 Å². The van der Waals surface area contributed by atoms with Gasteiger partial charge in [-0.25, -0.2) is 14.5 Å². The maximum Gasteiger partial charge on any atom is 0.321 e. The SMILES string of the molecule is O=C(Nc1ccc(-n2cccn2)cc1)N1CCN(c2ccccn2)CC1. The van der Waals surface area contributed by atoms with Crippen molar-refractivity contribution in [1.29, 1.82) is 0 Å². The van der Waals surface area contributed by atoms with Crippen LogP contribution in [0.1, 0.15) is 0 Å². The average Bonchev–Trinajstić information content (AvgIpc) is 3.24. The van der Waals surface area contributed by atoms with Crippen LogP contribution in [0.15, 0.2) is 67.1 Å². The van der Waals surface area contributed by atoms with Gasteiger partial charge in [0.1, 0.15) is 5.82 Å². The molecule has 0 spiro atoms. The fourth-order valence-corrected chi connectivity index (χ4v) is 3.00. The number of aromatic nitrogens is 3. The van der Waals surface area contributed by atoms with Crippen molar-refractivity contribution in [1.82, 2.24) is 19.7 Å². The van der Waals surface area contributed by atoms with Crippen LogP contribution in [0, 0.1) is 0 Å². The molecule has 1 N–H and O–H groups in total. The molecule has 7 nitrogen and oxygen atoms in total. The molecule has 0 bridgehead atoms. The zero-order valence-corrected chi connectivity index (χ0v) is 14.3. The van der Waals surface area contributed by atoms with Gasteiger partial charge in [-0.2, -0.15) is 5.10 Å². The van der Waals surface area contributed by atoms with Gasteiger partial charge < -0.3 is 15.1 Å². The molecule has 1 fully saturated rings. The van der Waals surface area contributed by atoms with E-state index < -0.39 is 0 Å². The summed E-state index contributed by atoms with van der Waals surface area (Å²) in [6, 6.07) is 15.3. The third kappa shape index (κ3) is 3.51. The molecule has 2 aromatic heterocycles. The molecule has 3 heterocycles. The summed E-state index contributed by atoms with van der Waals surface area (Å²) in [6.07, 6.45) is 5.41. The Labute approximate surface area is 151 Å². The molecule has 0 aliphatic carbocycles. The zero-order valence-electron chi connectivity index (χ0n) is 14.3. The van der Waals surface area contributed by atoms with Gasteiger partial charge in [-0.05, 0) is 42.5 Å². The van der Waals surface area contributed by atoms with Crippen molar-refractivity contribution in [3.8, 4) is 5.69 Å². The smallest absolute Gasteiger partial charge is 0.321 e. The summed E-state index contributed by atoms with van der Waals surface area (Å²) < 4.78 is 1.78. The molecule has 1 saturated heterocycles. The molecule has 3 aromatic rings. The summed E-state index contributed by atoms with van der Waals surface area (Å²) in [7, 11) is 0. The second kappa shape index (κ2) is 7.26. The fourth-order valence-electron chi connectivity index (χ4n) is 3.00. The number of amides is 2. The number of nitrogens with one attached hydrogen (secondary N) is 1. The third-order valence-electron chi connectivity index (χ3n) is 4.43. The van der Waals surface area contributed by atoms with Crippen LogP contribution in [0.3, 0.4) is 0 Å². The first-order chi connectivity index (χ1) is 12.8. The highest BCUT2D eigenvalue weighted by Crippen LogP contribution is 2.15. The highest BCUT2D eigenvalue weighted by molar-refractivity contribution is 5.89. The number of pyridine rings is 1. The quantitative estimate of drug-likeness (QED) is 0.790. The number of nitrogens with zero attached hydrogens (tertiary/aromatic N) is 5. The molecule has 1 aromatic carbocycles. The minimum atomic E-state index is -0.0717. The normalized spacial score (nSPS) is 14.3. The van der Waals surface area contributed by atoms with Crippen LogP contribution in [-0.2, 0) is 0 Å². The molecule has 0 radical (unpaired) electrons. The zero-order chi connectivity index (χ0) is 17.8. The van der Waals surface area contributed by atoms with E-state index in [1.54, 1.807) is 17.1 Å². The molecule has 4 rings (SSSR count). The fraction of sp³-hybridized carbons (Fsp3) is 0.211. The van der Waals surface area contributed by atoms with Crippen LogP contribution < -0.4 is 10.2 Å². The molecule has 26 heavy (non-hydrogen) atoms. The lowest BCUT2D eigenvalue weighted by Gasteiger charge is -2.35. The lowest BCUT2D eigenvalue weighted by atomic mass is 10.2. The van der Waals surface area contributed by atoms with Crippen molar-refractivity contribution in [3.63, 3.8) is 0 Å². The van der Waals surface area contributed by atoms with Crippen molar-refractivity contribution in [3.05, 3.63) is 67.1 Å². The summed E-state index contributed by atoms with van der Waals surface area (Å²) in [5.41, 5.74) is 1.73. The van der Waals surface area contributed by atoms with Gasteiger partial charge in [0.05, 0.1) is 5.69 Å². The Balaban J connectivity index is 1.33. The number of hydrogen-bond acceptors (Lipinski definition) is 4. The number of carbonyl (C=O) groups excluding carboxylic acids is 1. The van der Waals surface area contributed by atoms with Crippen LogP contribution in [0.25, 0.3) is 5.69 Å². The average molecular weight is 348 g/mol. The predicted octanol–water partition coefficient (Wildman–Crippen LogP) is 2.62. The standard InChI is InChI=1S/C19H20N6O/c26-19(22-16-5-7-17(8-6-16)25-11-3-10-21-25)24-14-12-23(13-15-24)18-4-1-2-9-20-18/h1-11H,12-15H2,(H,22,26). The van der Waals surface area contributed by atoms with Crippen LogP contribution in [0.2, 0.25) is 0 Å². The number of urea groups is 1. The van der Waals surface area contributed by atoms with Gasteiger partial charge in [0.25, 0.3) is 0 Å². The topological polar surface area (TPSA) is 66.3 Å². The Kier molecular flexibility index (Phi) is 4.51. The number of rotatable bonds is 3. The minimum absolute atomic E-state index is 0.0717. The van der Waals surface area contributed by atoms with E-state index >= 15 is 0 Å². The first-order valence-electron chi connectivity index (χ1n) is 8.61. The predicted molar refractivity (Wildman–Crippen MR) is 101 cm³/mol. The Morgan fingerprint density at radius 3 is 2.38 bits per heavy atom. The van der Waals surface area contributed by atoms with Crippen molar-refractivity contribution < 1.29 is 4.79 Å². The highest BCUT2D eigenvalue weighted by atomic mass is 16.2. The van der Waals surface area contributed by atoms with E-state index in [1.807, 2.05) is 59.6 Å². The molecule has 0 saturated carbocycles. The van der Waals surface area contributed by atoms with Crippen LogP contribution >= 0.6 is 0 Å². The number of carbonyl (C=O) groups is 1. The molecule has 0 unspecified atom stereocenters. The van der Waals surface area contributed by atoms with Crippen molar-refractivity contribution >= 4 is 17.5 Å². The van der Waals surface area contributed by atoms with E-state index in [2.05, 4.69) is 20.3 Å². The van der Waals surface area contributed by atoms with Gasteiger partial charge in [0, 0.05) is 50.5 Å². The lowest BCUT2D eigenvalue weighted by molar-refractivity contribution is 0.208. The number of hydrogen-bond donors (Lipinski definition) is 1. The first-order valence-corrected chi connectivity index (χ1v) is 8.61. The van der Waals surface area contributed by atoms with E-state index in [0.29, 0.717) is 13.1 Å². The number of anilines is 2. The Hall–Kier alpha value is -3.35. The van der Waals surface area contributed by atoms with E-state index in [-0.39, 0.29) is 6.03 Å². The first kappa shape index (κ1) is 16.1. The lowest BCUT2D eigenvalue weighted by Crippen LogP contribution is -2.50. The molecular formula is C19H20N6O. The maximum atomic E-state index is 12.5. The summed E-state index contributed by atoms with van der Waals surface area (Å²) in [5, 5.41) is 7.16. The molecule has 1 aliphatic heterocycles. The molecular weight excluding hydrogens is 328 g/mol. The second-order valence-corrected chi connectivity index (χ2v) is 6.09. The minimum Gasteiger partial charge on any atom is -0.353 e. The van der Waals surface area contributed by atoms with E-state index in [9.17, 15) is 4.79 Å². The molecule has 7 heteroatoms. The summed E-state index contributed by atoms with van der Waals surface area (Å²) in [5.74, 6) is 0.960. The molecule has 1 aliphatic rings. The third-order valence-corrected chi connectivity index (χ3v) is 4.43. The monoisotopic (exact) mass is 348 g/mol. The largest absolute Gasteiger partial charge is 0.353 e. The summed E-state index contributed by atoms with van der Waals surface area (Å²) in [4.78, 5) is 20.9. The van der Waals surface area contributed by atoms with Gasteiger partial charge in [0.2, 0.25) is 0 Å². The highest BCUT2D eigenvalue weighted by Gasteiger charge is 2.21. The second-order valence-electron chi connectivity index (χ2n) is 6.09. The summed E-state index contributed by atoms with van der Waals surface area (Å²) >= 11 is 0. The Morgan fingerprint density at radius 2 is 1.73 bits per heavy atom. The van der Waals surface area contributed by atoms with Gasteiger partial charge in [-0.1, -0.05) is 6.07 Å². The number of piperazine rings is 1. The molecule has 2 amide bonds. The maximum absolute atomic E-state index is 12.5. The molecule has 0 atom stereocenters. The van der Waals surface area contributed by atoms with Gasteiger partial charge in [0.15, 0.2) is 0 Å². The van der Waals surface area contributed by atoms with Crippen molar-refractivity contribution in [2.24, 2.45) is 0 Å². The Bertz CT molecular complexity index is 840. The van der Waals surface area contributed by atoms with Gasteiger partial charge in [-0.15, -0.1) is 0 Å². The van der Waals surface area contributed by atoms with Gasteiger partial charge in [-0.3, -0.25) is 0 Å². The molecule has 132 valence electrons. The van der Waals surface area contributed by atoms with Crippen LogP contribution in [0.5, 0.6) is 0 Å². The van der Waals surface area contributed by atoms with Crippen molar-refractivity contribution in [2.45, 2.75) is 0 Å². The van der Waals surface area contributed by atoms with E-state index in [0.717, 1.165) is 30.3 Å². The van der Waals surface area contributed by atoms with Crippen LogP contribution in [0.4, 0.5) is 16.3 Å². The summed E-state index contributed by atoms with van der Waals surface area (Å²) in [6.45, 7) is 2.91. The van der Waals surface area contributed by atoms with E-state index in [1.165, 1.54) is 0 Å². The number of benzene rings is 1. The Morgan fingerprint density at radius 1 is 0.923 bits per heavy atom. The van der Waals surface area contributed by atoms with Gasteiger partial charge >= 0.3 is 6.03 Å². The van der Waals surface area contributed by atoms with E-state index in [4.69, 9.17) is 0 Å².